The maximum absolute atomic E-state index is 5.35. The number of aromatic nitrogens is 1. The fourth-order valence-corrected chi connectivity index (χ4v) is 2.68. The maximum atomic E-state index is 5.35. The highest BCUT2D eigenvalue weighted by Gasteiger charge is 2.12. The molecular formula is C14H16BrNO. The van der Waals surface area contributed by atoms with E-state index in [4.69, 9.17) is 4.74 Å². The van der Waals surface area contributed by atoms with Gasteiger partial charge in [0.15, 0.2) is 0 Å². The Morgan fingerprint density at radius 3 is 2.59 bits per heavy atom. The largest absolute Gasteiger partial charge is 0.494 e. The fraction of sp³-hybridized carbons (Fsp3) is 0.357. The van der Waals surface area contributed by atoms with Gasteiger partial charge in [0.25, 0.3) is 0 Å². The Bertz CT molecular complexity index is 564. The number of benzene rings is 1. The molecule has 1 aromatic heterocycles. The van der Waals surface area contributed by atoms with Gasteiger partial charge < -0.3 is 4.74 Å². The van der Waals surface area contributed by atoms with Crippen LogP contribution in [0.25, 0.3) is 10.9 Å². The smallest absolute Gasteiger partial charge is 0.145 e. The first-order chi connectivity index (χ1) is 8.04. The van der Waals surface area contributed by atoms with Crippen molar-refractivity contribution in [2.45, 2.75) is 26.7 Å². The third-order valence-corrected chi connectivity index (χ3v) is 3.62. The first kappa shape index (κ1) is 12.4. The standard InChI is InChI=1S/C14H16BrNO/c1-8(2)10-7-11-9(3)5-6-12(17-4)13(11)16-14(10)15/h5-8H,1-4H3. The van der Waals surface area contributed by atoms with Crippen molar-refractivity contribution >= 4 is 26.8 Å². The Hall–Kier alpha value is -1.09. The number of aryl methyl sites for hydroxylation is 1. The van der Waals surface area contributed by atoms with Crippen molar-refractivity contribution in [2.24, 2.45) is 0 Å². The molecule has 0 bridgehead atoms. The van der Waals surface area contributed by atoms with Crippen LogP contribution < -0.4 is 4.74 Å². The van der Waals surface area contributed by atoms with Crippen LogP contribution >= 0.6 is 15.9 Å². The minimum absolute atomic E-state index is 0.451. The zero-order valence-electron chi connectivity index (χ0n) is 10.5. The van der Waals surface area contributed by atoms with E-state index in [1.807, 2.05) is 6.07 Å². The molecule has 0 atom stereocenters. The SMILES string of the molecule is COc1ccc(C)c2cc(C(C)C)c(Br)nc12. The first-order valence-corrected chi connectivity index (χ1v) is 6.47. The molecule has 2 aromatic rings. The van der Waals surface area contributed by atoms with E-state index in [1.165, 1.54) is 11.1 Å². The molecule has 0 amide bonds. The molecule has 1 heterocycles. The van der Waals surface area contributed by atoms with E-state index < -0.39 is 0 Å². The molecule has 90 valence electrons. The Balaban J connectivity index is 2.81. The Morgan fingerprint density at radius 1 is 1.29 bits per heavy atom. The summed E-state index contributed by atoms with van der Waals surface area (Å²) >= 11 is 3.54. The van der Waals surface area contributed by atoms with Crippen molar-refractivity contribution in [2.75, 3.05) is 7.11 Å². The second-order valence-electron chi connectivity index (χ2n) is 4.50. The number of nitrogens with zero attached hydrogens (tertiary/aromatic N) is 1. The summed E-state index contributed by atoms with van der Waals surface area (Å²) in [6, 6.07) is 6.24. The molecule has 1 aromatic carbocycles. The van der Waals surface area contributed by atoms with Gasteiger partial charge in [0, 0.05) is 5.39 Å². The predicted molar refractivity (Wildman–Crippen MR) is 74.8 cm³/mol. The zero-order chi connectivity index (χ0) is 12.6. The molecule has 0 aliphatic heterocycles. The average molecular weight is 294 g/mol. The monoisotopic (exact) mass is 293 g/mol. The molecule has 0 spiro atoms. The zero-order valence-corrected chi connectivity index (χ0v) is 12.1. The molecule has 17 heavy (non-hydrogen) atoms. The van der Waals surface area contributed by atoms with Gasteiger partial charge in [0.2, 0.25) is 0 Å². The van der Waals surface area contributed by atoms with Gasteiger partial charge in [-0.2, -0.15) is 0 Å². The van der Waals surface area contributed by atoms with Crippen LogP contribution in [0, 0.1) is 6.92 Å². The number of hydrogen-bond donors (Lipinski definition) is 0. The predicted octanol–water partition coefficient (Wildman–Crippen LogP) is 4.44. The van der Waals surface area contributed by atoms with E-state index in [-0.39, 0.29) is 0 Å². The highest BCUT2D eigenvalue weighted by atomic mass is 79.9. The van der Waals surface area contributed by atoms with Gasteiger partial charge in [-0.25, -0.2) is 4.98 Å². The van der Waals surface area contributed by atoms with Crippen LogP contribution in [0.15, 0.2) is 22.8 Å². The van der Waals surface area contributed by atoms with Crippen molar-refractivity contribution < 1.29 is 4.74 Å². The van der Waals surface area contributed by atoms with Crippen molar-refractivity contribution in [3.63, 3.8) is 0 Å². The van der Waals surface area contributed by atoms with E-state index >= 15 is 0 Å². The van der Waals surface area contributed by atoms with E-state index in [2.05, 4.69) is 53.8 Å². The topological polar surface area (TPSA) is 22.1 Å². The summed E-state index contributed by atoms with van der Waals surface area (Å²) < 4.78 is 6.26. The highest BCUT2D eigenvalue weighted by molar-refractivity contribution is 9.10. The molecule has 0 fully saturated rings. The van der Waals surface area contributed by atoms with E-state index in [0.29, 0.717) is 5.92 Å². The van der Waals surface area contributed by atoms with Crippen LogP contribution in [0.2, 0.25) is 0 Å². The molecular weight excluding hydrogens is 278 g/mol. The van der Waals surface area contributed by atoms with Gasteiger partial charge in [0.1, 0.15) is 15.9 Å². The summed E-state index contributed by atoms with van der Waals surface area (Å²) in [7, 11) is 1.68. The number of fused-ring (bicyclic) bond motifs is 1. The second kappa shape index (κ2) is 4.65. The molecule has 0 unspecified atom stereocenters. The maximum Gasteiger partial charge on any atom is 0.145 e. The number of methoxy groups -OCH3 is 1. The second-order valence-corrected chi connectivity index (χ2v) is 5.26. The van der Waals surface area contributed by atoms with Crippen molar-refractivity contribution in [3.05, 3.63) is 33.9 Å². The van der Waals surface area contributed by atoms with Crippen LogP contribution in [0.3, 0.4) is 0 Å². The van der Waals surface area contributed by atoms with Gasteiger partial charge in [-0.1, -0.05) is 19.9 Å². The first-order valence-electron chi connectivity index (χ1n) is 5.68. The van der Waals surface area contributed by atoms with Crippen molar-refractivity contribution in [3.8, 4) is 5.75 Å². The number of halogens is 1. The van der Waals surface area contributed by atoms with E-state index in [0.717, 1.165) is 21.3 Å². The number of rotatable bonds is 2. The lowest BCUT2D eigenvalue weighted by Crippen LogP contribution is -1.96. The average Bonchev–Trinajstić information content (AvgIpc) is 2.28. The Labute approximate surface area is 110 Å². The normalized spacial score (nSPS) is 11.2. The number of hydrogen-bond acceptors (Lipinski definition) is 2. The summed E-state index contributed by atoms with van der Waals surface area (Å²) in [5, 5.41) is 1.16. The van der Waals surface area contributed by atoms with Crippen molar-refractivity contribution in [1.29, 1.82) is 0 Å². The van der Waals surface area contributed by atoms with Gasteiger partial charge in [-0.05, 0) is 52.0 Å². The molecule has 0 N–H and O–H groups in total. The summed E-state index contributed by atoms with van der Waals surface area (Å²) in [6.45, 7) is 6.44. The van der Waals surface area contributed by atoms with Crippen LogP contribution in [-0.2, 0) is 0 Å². The molecule has 0 saturated heterocycles. The summed E-state index contributed by atoms with van der Waals surface area (Å²) in [4.78, 5) is 4.62. The van der Waals surface area contributed by atoms with Crippen LogP contribution in [-0.4, -0.2) is 12.1 Å². The lowest BCUT2D eigenvalue weighted by atomic mass is 10.0. The van der Waals surface area contributed by atoms with Gasteiger partial charge in [-0.3, -0.25) is 0 Å². The third-order valence-electron chi connectivity index (χ3n) is 2.99. The van der Waals surface area contributed by atoms with Crippen LogP contribution in [0.5, 0.6) is 5.75 Å². The lowest BCUT2D eigenvalue weighted by Gasteiger charge is -2.12. The number of ether oxygens (including phenoxy) is 1. The van der Waals surface area contributed by atoms with Gasteiger partial charge in [-0.15, -0.1) is 0 Å². The quantitative estimate of drug-likeness (QED) is 0.764. The molecule has 0 aliphatic carbocycles. The summed E-state index contributed by atoms with van der Waals surface area (Å²) in [5.41, 5.74) is 3.38. The van der Waals surface area contributed by atoms with E-state index in [9.17, 15) is 0 Å². The van der Waals surface area contributed by atoms with Crippen LogP contribution in [0.1, 0.15) is 30.9 Å². The van der Waals surface area contributed by atoms with Crippen LogP contribution in [0.4, 0.5) is 0 Å². The lowest BCUT2D eigenvalue weighted by molar-refractivity contribution is 0.418. The third kappa shape index (κ3) is 2.16. The molecule has 2 rings (SSSR count). The number of pyridine rings is 1. The Morgan fingerprint density at radius 2 is 2.00 bits per heavy atom. The van der Waals surface area contributed by atoms with Crippen molar-refractivity contribution in [1.82, 2.24) is 4.98 Å². The summed E-state index contributed by atoms with van der Waals surface area (Å²) in [5.74, 6) is 1.27. The highest BCUT2D eigenvalue weighted by Crippen LogP contribution is 2.32. The van der Waals surface area contributed by atoms with Gasteiger partial charge >= 0.3 is 0 Å². The minimum atomic E-state index is 0.451. The van der Waals surface area contributed by atoms with E-state index in [1.54, 1.807) is 7.11 Å². The minimum Gasteiger partial charge on any atom is -0.494 e. The molecule has 3 heteroatoms. The van der Waals surface area contributed by atoms with Gasteiger partial charge in [0.05, 0.1) is 7.11 Å². The molecule has 0 radical (unpaired) electrons. The summed E-state index contributed by atoms with van der Waals surface area (Å²) in [6.07, 6.45) is 0. The molecule has 0 aliphatic rings. The fourth-order valence-electron chi connectivity index (χ4n) is 1.93. The molecule has 0 saturated carbocycles. The Kier molecular flexibility index (Phi) is 3.38. The molecule has 2 nitrogen and oxygen atoms in total.